The molecule has 2 aromatic carbocycles. The molecule has 1 saturated heterocycles. The van der Waals surface area contributed by atoms with Crippen LogP contribution in [0.15, 0.2) is 48.5 Å². The summed E-state index contributed by atoms with van der Waals surface area (Å²) < 4.78 is 19.0. The van der Waals surface area contributed by atoms with Crippen LogP contribution in [0.5, 0.6) is 0 Å². The lowest BCUT2D eigenvalue weighted by atomic mass is 9.95. The molecule has 0 bridgehead atoms. The van der Waals surface area contributed by atoms with Crippen molar-refractivity contribution < 1.29 is 23.5 Å². The minimum Gasteiger partial charge on any atom is -0.458 e. The van der Waals surface area contributed by atoms with Crippen LogP contribution < -0.4 is 4.90 Å². The molecule has 2 heterocycles. The van der Waals surface area contributed by atoms with E-state index in [0.29, 0.717) is 16.8 Å². The first-order chi connectivity index (χ1) is 13.9. The predicted octanol–water partition coefficient (Wildman–Crippen LogP) is 3.26. The van der Waals surface area contributed by atoms with E-state index >= 15 is 0 Å². The number of halogens is 1. The standard InChI is InChI=1S/C22H21FN2O4/c1-14(2)24-20(27)17-8-3-4-9-18(17)25-19(26)10-11-22(24,25)21(28)29-13-15-6-5-7-16(23)12-15/h3-9,12,14H,10-11,13H2,1-2H3. The molecule has 1 fully saturated rings. The number of amides is 2. The lowest BCUT2D eigenvalue weighted by molar-refractivity contribution is -0.159. The van der Waals surface area contributed by atoms with E-state index in [1.54, 1.807) is 44.2 Å². The van der Waals surface area contributed by atoms with Crippen molar-refractivity contribution in [2.75, 3.05) is 4.90 Å². The van der Waals surface area contributed by atoms with Crippen molar-refractivity contribution >= 4 is 23.5 Å². The fourth-order valence-corrected chi connectivity index (χ4v) is 4.26. The van der Waals surface area contributed by atoms with E-state index in [1.807, 2.05) is 0 Å². The van der Waals surface area contributed by atoms with E-state index in [0.717, 1.165) is 0 Å². The van der Waals surface area contributed by atoms with Crippen molar-refractivity contribution in [3.8, 4) is 0 Å². The van der Waals surface area contributed by atoms with Gasteiger partial charge in [0.2, 0.25) is 11.6 Å². The van der Waals surface area contributed by atoms with Gasteiger partial charge in [0.1, 0.15) is 12.4 Å². The number of hydrogen-bond acceptors (Lipinski definition) is 4. The number of rotatable bonds is 4. The van der Waals surface area contributed by atoms with Crippen LogP contribution in [0.4, 0.5) is 10.1 Å². The molecule has 1 atom stereocenters. The maximum Gasteiger partial charge on any atom is 0.354 e. The molecule has 2 aliphatic heterocycles. The third-order valence-corrected chi connectivity index (χ3v) is 5.40. The Hall–Kier alpha value is -3.22. The fraction of sp³-hybridized carbons (Fsp3) is 0.318. The number of carbonyl (C=O) groups excluding carboxylic acids is 3. The number of carbonyl (C=O) groups is 3. The molecule has 2 aromatic rings. The highest BCUT2D eigenvalue weighted by Gasteiger charge is 2.62. The smallest absolute Gasteiger partial charge is 0.354 e. The molecule has 150 valence electrons. The Bertz CT molecular complexity index is 1010. The second-order valence-corrected chi connectivity index (χ2v) is 7.54. The summed E-state index contributed by atoms with van der Waals surface area (Å²) in [5, 5.41) is 0. The average molecular weight is 396 g/mol. The predicted molar refractivity (Wildman–Crippen MR) is 103 cm³/mol. The molecule has 7 heteroatoms. The first-order valence-electron chi connectivity index (χ1n) is 9.53. The Labute approximate surface area is 167 Å². The molecule has 6 nitrogen and oxygen atoms in total. The van der Waals surface area contributed by atoms with Crippen LogP contribution in [0.2, 0.25) is 0 Å². The summed E-state index contributed by atoms with van der Waals surface area (Å²) in [6.07, 6.45) is 0.270. The Morgan fingerprint density at radius 3 is 2.66 bits per heavy atom. The zero-order valence-electron chi connectivity index (χ0n) is 16.2. The van der Waals surface area contributed by atoms with Gasteiger partial charge < -0.3 is 9.64 Å². The van der Waals surface area contributed by atoms with Gasteiger partial charge in [-0.25, -0.2) is 9.18 Å². The highest BCUT2D eigenvalue weighted by atomic mass is 19.1. The molecule has 2 amide bonds. The Kier molecular flexibility index (Phi) is 4.61. The molecule has 4 rings (SSSR count). The number of fused-ring (bicyclic) bond motifs is 3. The van der Waals surface area contributed by atoms with E-state index in [1.165, 1.54) is 28.0 Å². The van der Waals surface area contributed by atoms with Gasteiger partial charge in [-0.1, -0.05) is 24.3 Å². The van der Waals surface area contributed by atoms with Crippen molar-refractivity contribution in [1.29, 1.82) is 0 Å². The van der Waals surface area contributed by atoms with Crippen LogP contribution >= 0.6 is 0 Å². The first-order valence-corrected chi connectivity index (χ1v) is 9.53. The topological polar surface area (TPSA) is 66.9 Å². The highest BCUT2D eigenvalue weighted by Crippen LogP contribution is 2.46. The van der Waals surface area contributed by atoms with Crippen molar-refractivity contribution in [2.24, 2.45) is 0 Å². The number of ether oxygens (including phenoxy) is 1. The summed E-state index contributed by atoms with van der Waals surface area (Å²) in [4.78, 5) is 42.3. The average Bonchev–Trinajstić information content (AvgIpc) is 3.04. The van der Waals surface area contributed by atoms with Gasteiger partial charge in [0.15, 0.2) is 0 Å². The second kappa shape index (κ2) is 6.99. The molecule has 2 aliphatic rings. The van der Waals surface area contributed by atoms with Crippen molar-refractivity contribution in [3.05, 3.63) is 65.5 Å². The number of para-hydroxylation sites is 1. The van der Waals surface area contributed by atoms with Crippen LogP contribution in [-0.4, -0.2) is 34.4 Å². The van der Waals surface area contributed by atoms with Gasteiger partial charge in [0.05, 0.1) is 11.3 Å². The Morgan fingerprint density at radius 2 is 1.93 bits per heavy atom. The molecule has 0 radical (unpaired) electrons. The van der Waals surface area contributed by atoms with Gasteiger partial charge >= 0.3 is 5.97 Å². The number of benzene rings is 2. The van der Waals surface area contributed by atoms with Crippen molar-refractivity contribution in [2.45, 2.75) is 45.0 Å². The molecule has 29 heavy (non-hydrogen) atoms. The fourth-order valence-electron chi connectivity index (χ4n) is 4.26. The monoisotopic (exact) mass is 396 g/mol. The van der Waals surface area contributed by atoms with E-state index in [-0.39, 0.29) is 37.3 Å². The SMILES string of the molecule is CC(C)N1C(=O)c2ccccc2N2C(=O)CCC21C(=O)OCc1cccc(F)c1. The maximum atomic E-state index is 13.4. The third kappa shape index (κ3) is 2.88. The summed E-state index contributed by atoms with van der Waals surface area (Å²) in [5.41, 5.74) is -0.252. The molecule has 0 saturated carbocycles. The Morgan fingerprint density at radius 1 is 1.17 bits per heavy atom. The van der Waals surface area contributed by atoms with Gasteiger partial charge in [-0.05, 0) is 43.7 Å². The van der Waals surface area contributed by atoms with Crippen LogP contribution in [0.3, 0.4) is 0 Å². The zero-order valence-corrected chi connectivity index (χ0v) is 16.2. The largest absolute Gasteiger partial charge is 0.458 e. The summed E-state index contributed by atoms with van der Waals surface area (Å²) >= 11 is 0. The number of nitrogens with zero attached hydrogens (tertiary/aromatic N) is 2. The van der Waals surface area contributed by atoms with E-state index < -0.39 is 17.4 Å². The summed E-state index contributed by atoms with van der Waals surface area (Å²) in [6, 6.07) is 12.2. The molecule has 0 spiro atoms. The summed E-state index contributed by atoms with van der Waals surface area (Å²) in [6.45, 7) is 3.45. The van der Waals surface area contributed by atoms with Gasteiger partial charge in [-0.3, -0.25) is 14.5 Å². The lowest BCUT2D eigenvalue weighted by Crippen LogP contribution is -2.70. The number of hydrogen-bond donors (Lipinski definition) is 0. The van der Waals surface area contributed by atoms with E-state index in [4.69, 9.17) is 4.74 Å². The highest BCUT2D eigenvalue weighted by molar-refractivity contribution is 6.15. The first kappa shape index (κ1) is 19.1. The minimum absolute atomic E-state index is 0.125. The molecule has 0 aromatic heterocycles. The Balaban J connectivity index is 1.76. The van der Waals surface area contributed by atoms with Crippen LogP contribution in [0.25, 0.3) is 0 Å². The number of anilines is 1. The number of esters is 1. The maximum absolute atomic E-state index is 13.4. The molecule has 0 aliphatic carbocycles. The van der Waals surface area contributed by atoms with Gasteiger partial charge in [-0.2, -0.15) is 0 Å². The van der Waals surface area contributed by atoms with Crippen molar-refractivity contribution in [1.82, 2.24) is 4.90 Å². The quantitative estimate of drug-likeness (QED) is 0.744. The molecular formula is C22H21FN2O4. The third-order valence-electron chi connectivity index (χ3n) is 5.40. The lowest BCUT2D eigenvalue weighted by Gasteiger charge is -2.50. The molecule has 0 N–H and O–H groups in total. The van der Waals surface area contributed by atoms with Crippen LogP contribution in [0, 0.1) is 5.82 Å². The summed E-state index contributed by atoms with van der Waals surface area (Å²) in [7, 11) is 0. The second-order valence-electron chi connectivity index (χ2n) is 7.54. The van der Waals surface area contributed by atoms with Crippen LogP contribution in [-0.2, 0) is 20.9 Å². The van der Waals surface area contributed by atoms with E-state index in [9.17, 15) is 18.8 Å². The van der Waals surface area contributed by atoms with Crippen LogP contribution in [0.1, 0.15) is 42.6 Å². The molecule has 1 unspecified atom stereocenters. The molecular weight excluding hydrogens is 375 g/mol. The van der Waals surface area contributed by atoms with Crippen molar-refractivity contribution in [3.63, 3.8) is 0 Å². The normalized spacial score (nSPS) is 20.7. The van der Waals surface area contributed by atoms with Gasteiger partial charge in [0, 0.05) is 18.9 Å². The van der Waals surface area contributed by atoms with E-state index in [2.05, 4.69) is 0 Å². The zero-order chi connectivity index (χ0) is 20.8. The minimum atomic E-state index is -1.54. The van der Waals surface area contributed by atoms with Gasteiger partial charge in [0.25, 0.3) is 5.91 Å². The van der Waals surface area contributed by atoms with Gasteiger partial charge in [-0.15, -0.1) is 0 Å². The summed E-state index contributed by atoms with van der Waals surface area (Å²) in [5.74, 6) is -1.67.